The molecule has 1 aliphatic rings. The van der Waals surface area contributed by atoms with E-state index in [1.54, 1.807) is 12.1 Å². The number of hydrogen-bond acceptors (Lipinski definition) is 3. The molecule has 134 valence electrons. The molecule has 24 heavy (non-hydrogen) atoms. The molecule has 1 aromatic carbocycles. The van der Waals surface area contributed by atoms with Crippen LogP contribution in [0, 0.1) is 5.82 Å². The van der Waals surface area contributed by atoms with Crippen molar-refractivity contribution in [3.8, 4) is 0 Å². The number of piperazine rings is 1. The Morgan fingerprint density at radius 1 is 1.25 bits per heavy atom. The summed E-state index contributed by atoms with van der Waals surface area (Å²) < 4.78 is 49.2. The van der Waals surface area contributed by atoms with Gasteiger partial charge in [-0.2, -0.15) is 13.2 Å². The number of benzene rings is 1. The van der Waals surface area contributed by atoms with E-state index in [0.29, 0.717) is 26.2 Å². The lowest BCUT2D eigenvalue weighted by Gasteiger charge is -2.39. The van der Waals surface area contributed by atoms with Crippen LogP contribution in [0.2, 0.25) is 0 Å². The Bertz CT molecular complexity index is 547. The summed E-state index contributed by atoms with van der Waals surface area (Å²) in [6.07, 6.45) is -4.39. The second kappa shape index (κ2) is 7.94. The fourth-order valence-corrected chi connectivity index (χ4v) is 2.74. The second-order valence-electron chi connectivity index (χ2n) is 6.07. The molecule has 1 saturated heterocycles. The summed E-state index contributed by atoms with van der Waals surface area (Å²) in [5, 5.41) is 1.89. The lowest BCUT2D eigenvalue weighted by Crippen LogP contribution is -2.54. The fourth-order valence-electron chi connectivity index (χ4n) is 2.74. The topological polar surface area (TPSA) is 35.6 Å². The van der Waals surface area contributed by atoms with Crippen LogP contribution in [0.25, 0.3) is 0 Å². The normalized spacial score (nSPS) is 20.1. The van der Waals surface area contributed by atoms with Crippen LogP contribution >= 0.6 is 0 Å². The van der Waals surface area contributed by atoms with E-state index in [9.17, 15) is 22.4 Å². The molecule has 4 nitrogen and oxygen atoms in total. The van der Waals surface area contributed by atoms with Crippen molar-refractivity contribution in [2.75, 3.05) is 32.7 Å². The van der Waals surface area contributed by atoms with E-state index in [0.717, 1.165) is 5.56 Å². The van der Waals surface area contributed by atoms with Crippen LogP contribution in [0.3, 0.4) is 0 Å². The first-order valence-corrected chi connectivity index (χ1v) is 7.77. The van der Waals surface area contributed by atoms with Crippen molar-refractivity contribution >= 4 is 5.91 Å². The Labute approximate surface area is 138 Å². The van der Waals surface area contributed by atoms with Gasteiger partial charge in [-0.05, 0) is 24.6 Å². The van der Waals surface area contributed by atoms with Gasteiger partial charge >= 0.3 is 6.18 Å². The van der Waals surface area contributed by atoms with Crippen LogP contribution in [0.4, 0.5) is 17.6 Å². The maximum Gasteiger partial charge on any atom is 0.405 e. The average Bonchev–Trinajstić information content (AvgIpc) is 2.50. The van der Waals surface area contributed by atoms with E-state index < -0.39 is 18.6 Å². The van der Waals surface area contributed by atoms with Gasteiger partial charge in [0.15, 0.2) is 0 Å². The Hall–Kier alpha value is -1.67. The molecule has 0 saturated carbocycles. The predicted molar refractivity (Wildman–Crippen MR) is 81.8 cm³/mol. The lowest BCUT2D eigenvalue weighted by atomic mass is 10.1. The molecular weight excluding hydrogens is 326 g/mol. The van der Waals surface area contributed by atoms with E-state index in [-0.39, 0.29) is 18.4 Å². The van der Waals surface area contributed by atoms with Gasteiger partial charge in [0, 0.05) is 32.2 Å². The molecule has 1 aliphatic heterocycles. The van der Waals surface area contributed by atoms with E-state index >= 15 is 0 Å². The summed E-state index contributed by atoms with van der Waals surface area (Å²) in [6.45, 7) is 3.28. The zero-order chi connectivity index (χ0) is 17.7. The minimum Gasteiger partial charge on any atom is -0.346 e. The molecule has 1 amide bonds. The van der Waals surface area contributed by atoms with Crippen LogP contribution in [0.15, 0.2) is 24.3 Å². The molecule has 1 aromatic rings. The van der Waals surface area contributed by atoms with Gasteiger partial charge in [0.2, 0.25) is 5.91 Å². The number of hydrogen-bond donors (Lipinski definition) is 1. The third-order valence-corrected chi connectivity index (χ3v) is 4.00. The largest absolute Gasteiger partial charge is 0.405 e. The van der Waals surface area contributed by atoms with Crippen molar-refractivity contribution in [2.45, 2.75) is 25.7 Å². The van der Waals surface area contributed by atoms with Crippen molar-refractivity contribution in [1.82, 2.24) is 15.1 Å². The van der Waals surface area contributed by atoms with Crippen molar-refractivity contribution in [3.63, 3.8) is 0 Å². The molecule has 0 spiro atoms. The van der Waals surface area contributed by atoms with E-state index in [4.69, 9.17) is 0 Å². The highest BCUT2D eigenvalue weighted by Gasteiger charge is 2.29. The quantitative estimate of drug-likeness (QED) is 0.828. The zero-order valence-corrected chi connectivity index (χ0v) is 13.4. The first-order chi connectivity index (χ1) is 11.2. The minimum absolute atomic E-state index is 0.0400. The molecule has 0 unspecified atom stereocenters. The van der Waals surface area contributed by atoms with Gasteiger partial charge in [-0.15, -0.1) is 0 Å². The highest BCUT2D eigenvalue weighted by atomic mass is 19.4. The molecule has 1 N–H and O–H groups in total. The maximum absolute atomic E-state index is 12.9. The van der Waals surface area contributed by atoms with E-state index in [2.05, 4.69) is 4.90 Å². The summed E-state index contributed by atoms with van der Waals surface area (Å²) in [5.74, 6) is -0.895. The standard InChI is InChI=1S/C16H21F4N3O/c1-12-8-22(9-13-2-4-14(17)5-3-13)6-7-23(12)10-15(24)21-11-16(18,19)20/h2-5,12H,6-11H2,1H3,(H,21,24)/t12-/m0/s1. The Morgan fingerprint density at radius 3 is 2.50 bits per heavy atom. The Balaban J connectivity index is 1.78. The molecule has 0 aliphatic carbocycles. The van der Waals surface area contributed by atoms with Crippen LogP contribution in [-0.2, 0) is 11.3 Å². The highest BCUT2D eigenvalue weighted by molar-refractivity contribution is 5.78. The van der Waals surface area contributed by atoms with Crippen LogP contribution in [0.5, 0.6) is 0 Å². The van der Waals surface area contributed by atoms with Crippen molar-refractivity contribution < 1.29 is 22.4 Å². The van der Waals surface area contributed by atoms with Gasteiger partial charge in [-0.1, -0.05) is 12.1 Å². The molecule has 1 atom stereocenters. The second-order valence-corrected chi connectivity index (χ2v) is 6.07. The Morgan fingerprint density at radius 2 is 1.92 bits per heavy atom. The van der Waals surface area contributed by atoms with Gasteiger partial charge in [0.05, 0.1) is 6.54 Å². The summed E-state index contributed by atoms with van der Waals surface area (Å²) >= 11 is 0. The molecule has 1 heterocycles. The lowest BCUT2D eigenvalue weighted by molar-refractivity contribution is -0.139. The molecule has 0 bridgehead atoms. The SMILES string of the molecule is C[C@H]1CN(Cc2ccc(F)cc2)CCN1CC(=O)NCC(F)(F)F. The predicted octanol–water partition coefficient (Wildman–Crippen LogP) is 2.01. The molecule has 0 radical (unpaired) electrons. The van der Waals surface area contributed by atoms with E-state index in [1.165, 1.54) is 12.1 Å². The third kappa shape index (κ3) is 6.09. The minimum atomic E-state index is -4.39. The van der Waals surface area contributed by atoms with Crippen molar-refractivity contribution in [1.29, 1.82) is 0 Å². The molecule has 2 rings (SSSR count). The van der Waals surface area contributed by atoms with Crippen molar-refractivity contribution in [2.24, 2.45) is 0 Å². The summed E-state index contributed by atoms with van der Waals surface area (Å²) in [7, 11) is 0. The summed E-state index contributed by atoms with van der Waals surface area (Å²) in [6, 6.07) is 6.35. The number of carbonyl (C=O) groups excluding carboxylic acids is 1. The van der Waals surface area contributed by atoms with Crippen LogP contribution in [-0.4, -0.2) is 60.6 Å². The average molecular weight is 347 g/mol. The monoisotopic (exact) mass is 347 g/mol. The summed E-state index contributed by atoms with van der Waals surface area (Å²) in [4.78, 5) is 15.7. The third-order valence-electron chi connectivity index (χ3n) is 4.00. The number of carbonyl (C=O) groups is 1. The first-order valence-electron chi connectivity index (χ1n) is 7.77. The fraction of sp³-hybridized carbons (Fsp3) is 0.562. The van der Waals surface area contributed by atoms with Gasteiger partial charge < -0.3 is 5.32 Å². The Kier molecular flexibility index (Phi) is 6.17. The number of halogens is 4. The number of nitrogens with zero attached hydrogens (tertiary/aromatic N) is 2. The number of alkyl halides is 3. The van der Waals surface area contributed by atoms with E-state index in [1.807, 2.05) is 17.1 Å². The molecule has 0 aromatic heterocycles. The molecular formula is C16H21F4N3O. The van der Waals surface area contributed by atoms with Gasteiger partial charge in [0.25, 0.3) is 0 Å². The molecule has 1 fully saturated rings. The number of nitrogens with one attached hydrogen (secondary N) is 1. The summed E-state index contributed by atoms with van der Waals surface area (Å²) in [5.41, 5.74) is 1.000. The number of rotatable bonds is 5. The number of amides is 1. The van der Waals surface area contributed by atoms with Crippen molar-refractivity contribution in [3.05, 3.63) is 35.6 Å². The zero-order valence-electron chi connectivity index (χ0n) is 13.4. The maximum atomic E-state index is 12.9. The van der Waals surface area contributed by atoms with Gasteiger partial charge in [-0.25, -0.2) is 4.39 Å². The van der Waals surface area contributed by atoms with Crippen LogP contribution < -0.4 is 5.32 Å². The van der Waals surface area contributed by atoms with Crippen LogP contribution in [0.1, 0.15) is 12.5 Å². The smallest absolute Gasteiger partial charge is 0.346 e. The molecule has 8 heteroatoms. The van der Waals surface area contributed by atoms with Gasteiger partial charge in [0.1, 0.15) is 12.4 Å². The van der Waals surface area contributed by atoms with Gasteiger partial charge in [-0.3, -0.25) is 14.6 Å². The first kappa shape index (κ1) is 18.7. The highest BCUT2D eigenvalue weighted by Crippen LogP contribution is 2.14.